The maximum absolute atomic E-state index is 11.9. The van der Waals surface area contributed by atoms with Gasteiger partial charge in [-0.05, 0) is 12.1 Å². The Morgan fingerprint density at radius 1 is 1.53 bits per heavy atom. The molecule has 0 aliphatic carbocycles. The molecule has 0 saturated heterocycles. The van der Waals surface area contributed by atoms with Crippen LogP contribution in [0.3, 0.4) is 0 Å². The van der Waals surface area contributed by atoms with Gasteiger partial charge in [-0.1, -0.05) is 19.1 Å². The van der Waals surface area contributed by atoms with Gasteiger partial charge in [0.1, 0.15) is 5.75 Å². The zero-order valence-electron chi connectivity index (χ0n) is 10.8. The summed E-state index contributed by atoms with van der Waals surface area (Å²) in [5.74, 6) is 1.62. The van der Waals surface area contributed by atoms with Gasteiger partial charge in [0.25, 0.3) is 5.91 Å². The lowest BCUT2D eigenvalue weighted by Crippen LogP contribution is -2.45. The normalized spacial score (nSPS) is 18.7. The first kappa shape index (κ1) is 13.9. The van der Waals surface area contributed by atoms with E-state index in [-0.39, 0.29) is 5.91 Å². The fraction of sp³-hybridized carbons (Fsp3) is 0.462. The van der Waals surface area contributed by atoms with E-state index in [9.17, 15) is 9.00 Å². The molecule has 0 saturated carbocycles. The van der Waals surface area contributed by atoms with Crippen molar-refractivity contribution in [2.45, 2.75) is 13.0 Å². The van der Waals surface area contributed by atoms with Crippen LogP contribution in [0.15, 0.2) is 24.3 Å². The number of ether oxygens (including phenoxy) is 1. The summed E-state index contributed by atoms with van der Waals surface area (Å²) in [6.45, 7) is 2.73. The molecule has 104 valence electrons. The number of para-hydroxylation sites is 2. The van der Waals surface area contributed by atoms with Gasteiger partial charge in [-0.25, -0.2) is 0 Å². The number of amides is 1. The van der Waals surface area contributed by atoms with Crippen molar-refractivity contribution >= 4 is 22.4 Å². The molecule has 19 heavy (non-hydrogen) atoms. The summed E-state index contributed by atoms with van der Waals surface area (Å²) in [5.41, 5.74) is 0.902. The number of hydrogen-bond acceptors (Lipinski definition) is 4. The summed E-state index contributed by atoms with van der Waals surface area (Å²) >= 11 is 0. The first-order valence-corrected chi connectivity index (χ1v) is 7.81. The number of hydrogen-bond donors (Lipinski definition) is 2. The first-order chi connectivity index (χ1) is 9.20. The Hall–Kier alpha value is -1.56. The highest BCUT2D eigenvalue weighted by atomic mass is 32.2. The van der Waals surface area contributed by atoms with Crippen LogP contribution in [-0.4, -0.2) is 40.8 Å². The predicted octanol–water partition coefficient (Wildman–Crippen LogP) is 0.744. The Morgan fingerprint density at radius 3 is 3.11 bits per heavy atom. The van der Waals surface area contributed by atoms with Gasteiger partial charge in [0.15, 0.2) is 6.10 Å². The van der Waals surface area contributed by atoms with Gasteiger partial charge in [0, 0.05) is 28.9 Å². The fourth-order valence-electron chi connectivity index (χ4n) is 1.81. The average Bonchev–Trinajstić information content (AvgIpc) is 2.46. The van der Waals surface area contributed by atoms with Crippen LogP contribution in [-0.2, 0) is 15.6 Å². The van der Waals surface area contributed by atoms with Crippen molar-refractivity contribution < 1.29 is 13.7 Å². The number of carbonyl (C=O) groups is 1. The van der Waals surface area contributed by atoms with Crippen LogP contribution in [0, 0.1) is 0 Å². The first-order valence-electron chi connectivity index (χ1n) is 6.33. The van der Waals surface area contributed by atoms with Gasteiger partial charge in [-0.3, -0.25) is 9.00 Å². The van der Waals surface area contributed by atoms with E-state index in [0.717, 1.165) is 5.69 Å². The molecule has 2 atom stereocenters. The van der Waals surface area contributed by atoms with E-state index in [1.54, 1.807) is 0 Å². The number of rotatable bonds is 5. The second-order valence-corrected chi connectivity index (χ2v) is 6.07. The minimum Gasteiger partial charge on any atom is -0.477 e. The molecular formula is C13H18N2O3S. The Kier molecular flexibility index (Phi) is 4.79. The van der Waals surface area contributed by atoms with Crippen molar-refractivity contribution in [1.82, 2.24) is 5.32 Å². The Balaban J connectivity index is 1.83. The second-order valence-electron chi connectivity index (χ2n) is 4.21. The van der Waals surface area contributed by atoms with Crippen LogP contribution in [0.1, 0.15) is 6.92 Å². The van der Waals surface area contributed by atoms with Crippen LogP contribution in [0.4, 0.5) is 5.69 Å². The van der Waals surface area contributed by atoms with Crippen molar-refractivity contribution in [1.29, 1.82) is 0 Å². The molecule has 0 aromatic heterocycles. The third-order valence-corrected chi connectivity index (χ3v) is 4.18. The largest absolute Gasteiger partial charge is 0.477 e. The summed E-state index contributed by atoms with van der Waals surface area (Å²) in [6, 6.07) is 7.52. The highest BCUT2D eigenvalue weighted by Gasteiger charge is 2.25. The molecule has 1 aromatic carbocycles. The molecule has 1 heterocycles. The molecule has 0 fully saturated rings. The smallest absolute Gasteiger partial charge is 0.262 e. The molecule has 0 spiro atoms. The number of carbonyl (C=O) groups excluding carboxylic acids is 1. The van der Waals surface area contributed by atoms with Crippen LogP contribution in [0.2, 0.25) is 0 Å². The van der Waals surface area contributed by atoms with E-state index in [1.807, 2.05) is 31.2 Å². The maximum Gasteiger partial charge on any atom is 0.262 e. The molecule has 5 nitrogen and oxygen atoms in total. The minimum absolute atomic E-state index is 0.171. The molecule has 2 unspecified atom stereocenters. The molecule has 2 N–H and O–H groups in total. The third kappa shape index (κ3) is 3.70. The molecule has 0 radical (unpaired) electrons. The Morgan fingerprint density at radius 2 is 2.32 bits per heavy atom. The summed E-state index contributed by atoms with van der Waals surface area (Å²) < 4.78 is 16.9. The number of fused-ring (bicyclic) bond motifs is 1. The van der Waals surface area contributed by atoms with Gasteiger partial charge < -0.3 is 15.4 Å². The lowest BCUT2D eigenvalue weighted by molar-refractivity contribution is -0.127. The monoisotopic (exact) mass is 282 g/mol. The molecule has 1 aromatic rings. The standard InChI is InChI=1S/C13H18N2O3S/c1-2-19(17)8-7-14-13(16)12-9-15-10-5-3-4-6-11(10)18-12/h3-6,12,15H,2,7-9H2,1H3,(H,14,16). The summed E-state index contributed by atoms with van der Waals surface area (Å²) in [7, 11) is -0.856. The molecule has 1 amide bonds. The quantitative estimate of drug-likeness (QED) is 0.836. The molecule has 2 rings (SSSR count). The van der Waals surface area contributed by atoms with Crippen LogP contribution in [0.25, 0.3) is 0 Å². The number of benzene rings is 1. The van der Waals surface area contributed by atoms with E-state index in [0.29, 0.717) is 30.3 Å². The van der Waals surface area contributed by atoms with E-state index in [2.05, 4.69) is 10.6 Å². The number of nitrogens with one attached hydrogen (secondary N) is 2. The molecule has 0 bridgehead atoms. The van der Waals surface area contributed by atoms with Crippen LogP contribution in [0.5, 0.6) is 5.75 Å². The number of anilines is 1. The maximum atomic E-state index is 11.9. The van der Waals surface area contributed by atoms with Crippen molar-refractivity contribution in [2.75, 3.05) is 29.9 Å². The zero-order valence-corrected chi connectivity index (χ0v) is 11.7. The highest BCUT2D eigenvalue weighted by Crippen LogP contribution is 2.27. The minimum atomic E-state index is -0.856. The van der Waals surface area contributed by atoms with Crippen LogP contribution >= 0.6 is 0 Å². The Labute approximate surface area is 115 Å². The van der Waals surface area contributed by atoms with E-state index < -0.39 is 16.9 Å². The third-order valence-electron chi connectivity index (χ3n) is 2.88. The van der Waals surface area contributed by atoms with E-state index >= 15 is 0 Å². The van der Waals surface area contributed by atoms with Crippen LogP contribution < -0.4 is 15.4 Å². The van der Waals surface area contributed by atoms with Crippen molar-refractivity contribution in [3.05, 3.63) is 24.3 Å². The van der Waals surface area contributed by atoms with E-state index in [1.165, 1.54) is 0 Å². The lowest BCUT2D eigenvalue weighted by Gasteiger charge is -2.26. The van der Waals surface area contributed by atoms with E-state index in [4.69, 9.17) is 4.74 Å². The summed E-state index contributed by atoms with van der Waals surface area (Å²) in [5, 5.41) is 5.91. The second kappa shape index (κ2) is 6.56. The molecule has 1 aliphatic rings. The van der Waals surface area contributed by atoms with Crippen molar-refractivity contribution in [3.63, 3.8) is 0 Å². The highest BCUT2D eigenvalue weighted by molar-refractivity contribution is 7.84. The van der Waals surface area contributed by atoms with Gasteiger partial charge in [0.05, 0.1) is 12.2 Å². The molecule has 6 heteroatoms. The predicted molar refractivity (Wildman–Crippen MR) is 75.9 cm³/mol. The summed E-state index contributed by atoms with van der Waals surface area (Å²) in [4.78, 5) is 11.9. The topological polar surface area (TPSA) is 67.4 Å². The van der Waals surface area contributed by atoms with Gasteiger partial charge in [0.2, 0.25) is 0 Å². The van der Waals surface area contributed by atoms with Gasteiger partial charge in [-0.2, -0.15) is 0 Å². The van der Waals surface area contributed by atoms with Gasteiger partial charge in [-0.15, -0.1) is 0 Å². The van der Waals surface area contributed by atoms with Crippen molar-refractivity contribution in [2.24, 2.45) is 0 Å². The van der Waals surface area contributed by atoms with Crippen molar-refractivity contribution in [3.8, 4) is 5.75 Å². The molecular weight excluding hydrogens is 264 g/mol. The van der Waals surface area contributed by atoms with Gasteiger partial charge >= 0.3 is 0 Å². The Bertz CT molecular complexity index is 479. The SMILES string of the molecule is CCS(=O)CCNC(=O)C1CNc2ccccc2O1. The zero-order chi connectivity index (χ0) is 13.7. The summed E-state index contributed by atoms with van der Waals surface area (Å²) in [6.07, 6.45) is -0.537. The average molecular weight is 282 g/mol. The lowest BCUT2D eigenvalue weighted by atomic mass is 10.2. The fourth-order valence-corrected chi connectivity index (χ4v) is 2.42. The molecule has 1 aliphatic heterocycles.